The molecule has 0 unspecified atom stereocenters. The number of hydrogen-bond donors (Lipinski definition) is 1. The zero-order valence-electron chi connectivity index (χ0n) is 7.32. The van der Waals surface area contributed by atoms with Gasteiger partial charge in [0.2, 0.25) is 0 Å². The summed E-state index contributed by atoms with van der Waals surface area (Å²) in [5.74, 6) is 0. The average Bonchev–Trinajstić information content (AvgIpc) is 2.32. The van der Waals surface area contributed by atoms with Crippen LogP contribution < -0.4 is 5.73 Å². The van der Waals surface area contributed by atoms with Crippen molar-refractivity contribution in [3.8, 4) is 0 Å². The number of nitrogens with two attached hydrogens (primary N) is 1. The van der Waals surface area contributed by atoms with Crippen LogP contribution in [0.15, 0.2) is 6.20 Å². The van der Waals surface area contributed by atoms with Crippen LogP contribution in [0.1, 0.15) is 25.0 Å². The third-order valence-corrected chi connectivity index (χ3v) is 2.53. The van der Waals surface area contributed by atoms with Crippen LogP contribution in [0, 0.1) is 0 Å². The highest BCUT2D eigenvalue weighted by molar-refractivity contribution is 5.04. The average molecular weight is 166 g/mol. The molecule has 2 rings (SSSR count). The van der Waals surface area contributed by atoms with E-state index in [1.165, 1.54) is 6.42 Å². The van der Waals surface area contributed by atoms with E-state index in [1.54, 1.807) is 11.0 Å². The van der Waals surface area contributed by atoms with Gasteiger partial charge in [0.1, 0.15) is 0 Å². The van der Waals surface area contributed by atoms with E-state index in [-0.39, 0.29) is 5.54 Å². The lowest BCUT2D eigenvalue weighted by Gasteiger charge is -2.37. The Hall–Kier alpha value is -0.900. The Morgan fingerprint density at radius 3 is 2.83 bits per heavy atom. The summed E-state index contributed by atoms with van der Waals surface area (Å²) in [5, 5.41) is 8.21. The SMILES string of the molecule is Cn1ncc(CC2(N)CCC2)n1. The second-order valence-electron chi connectivity index (χ2n) is 3.72. The van der Waals surface area contributed by atoms with Crippen molar-refractivity contribution in [3.63, 3.8) is 0 Å². The first-order chi connectivity index (χ1) is 5.68. The zero-order chi connectivity index (χ0) is 8.60. The topological polar surface area (TPSA) is 56.7 Å². The van der Waals surface area contributed by atoms with Crippen LogP contribution in [0.5, 0.6) is 0 Å². The fraction of sp³-hybridized carbons (Fsp3) is 0.750. The molecule has 1 saturated carbocycles. The minimum absolute atomic E-state index is 0.0238. The van der Waals surface area contributed by atoms with Gasteiger partial charge in [-0.25, -0.2) is 0 Å². The second-order valence-corrected chi connectivity index (χ2v) is 3.72. The number of hydrogen-bond acceptors (Lipinski definition) is 3. The number of aryl methyl sites for hydroxylation is 1. The maximum absolute atomic E-state index is 6.07. The van der Waals surface area contributed by atoms with Crippen LogP contribution >= 0.6 is 0 Å². The van der Waals surface area contributed by atoms with Crippen molar-refractivity contribution in [1.29, 1.82) is 0 Å². The van der Waals surface area contributed by atoms with Gasteiger partial charge in [0.15, 0.2) is 0 Å². The maximum Gasteiger partial charge on any atom is 0.0845 e. The molecular weight excluding hydrogens is 152 g/mol. The maximum atomic E-state index is 6.07. The molecule has 1 heterocycles. The lowest BCUT2D eigenvalue weighted by Crippen LogP contribution is -2.48. The lowest BCUT2D eigenvalue weighted by atomic mass is 9.75. The molecule has 1 aliphatic carbocycles. The van der Waals surface area contributed by atoms with Gasteiger partial charge in [0.05, 0.1) is 11.9 Å². The van der Waals surface area contributed by atoms with Gasteiger partial charge in [-0.3, -0.25) is 0 Å². The molecule has 0 spiro atoms. The van der Waals surface area contributed by atoms with E-state index in [0.29, 0.717) is 0 Å². The highest BCUT2D eigenvalue weighted by atomic mass is 15.4. The normalized spacial score (nSPS) is 20.5. The molecule has 0 saturated heterocycles. The molecule has 0 bridgehead atoms. The Morgan fingerprint density at radius 1 is 1.67 bits per heavy atom. The monoisotopic (exact) mass is 166 g/mol. The molecule has 1 aliphatic rings. The Morgan fingerprint density at radius 2 is 2.42 bits per heavy atom. The summed E-state index contributed by atoms with van der Waals surface area (Å²) >= 11 is 0. The summed E-state index contributed by atoms with van der Waals surface area (Å²) in [6, 6.07) is 0. The minimum atomic E-state index is 0.0238. The molecule has 0 aliphatic heterocycles. The fourth-order valence-corrected chi connectivity index (χ4v) is 1.64. The summed E-state index contributed by atoms with van der Waals surface area (Å²) in [6.07, 6.45) is 6.19. The van der Waals surface area contributed by atoms with Crippen molar-refractivity contribution in [1.82, 2.24) is 15.0 Å². The molecule has 0 atom stereocenters. The molecule has 1 fully saturated rings. The molecule has 66 valence electrons. The molecule has 1 aromatic heterocycles. The first kappa shape index (κ1) is 7.73. The van der Waals surface area contributed by atoms with Crippen LogP contribution in [0.3, 0.4) is 0 Å². The largest absolute Gasteiger partial charge is 0.325 e. The van der Waals surface area contributed by atoms with Crippen molar-refractivity contribution >= 4 is 0 Å². The van der Waals surface area contributed by atoms with Gasteiger partial charge >= 0.3 is 0 Å². The molecule has 0 aromatic carbocycles. The van der Waals surface area contributed by atoms with Crippen molar-refractivity contribution in [3.05, 3.63) is 11.9 Å². The number of rotatable bonds is 2. The Bertz CT molecular complexity index is 274. The van der Waals surface area contributed by atoms with Crippen LogP contribution in [0.4, 0.5) is 0 Å². The molecule has 2 N–H and O–H groups in total. The van der Waals surface area contributed by atoms with Crippen LogP contribution in [0.2, 0.25) is 0 Å². The molecular formula is C8H14N4. The van der Waals surface area contributed by atoms with Crippen molar-refractivity contribution in [2.75, 3.05) is 0 Å². The van der Waals surface area contributed by atoms with Gasteiger partial charge in [-0.1, -0.05) is 0 Å². The molecule has 4 nitrogen and oxygen atoms in total. The summed E-state index contributed by atoms with van der Waals surface area (Å²) in [5.41, 5.74) is 7.10. The van der Waals surface area contributed by atoms with Gasteiger partial charge < -0.3 is 5.73 Å². The van der Waals surface area contributed by atoms with Crippen LogP contribution in [-0.4, -0.2) is 20.5 Å². The highest BCUT2D eigenvalue weighted by Gasteiger charge is 2.33. The summed E-state index contributed by atoms with van der Waals surface area (Å²) < 4.78 is 0. The number of nitrogens with zero attached hydrogens (tertiary/aromatic N) is 3. The van der Waals surface area contributed by atoms with Crippen LogP contribution in [-0.2, 0) is 13.5 Å². The van der Waals surface area contributed by atoms with E-state index >= 15 is 0 Å². The predicted octanol–water partition coefficient (Wildman–Crippen LogP) is 0.239. The van der Waals surface area contributed by atoms with E-state index in [1.807, 2.05) is 7.05 Å². The van der Waals surface area contributed by atoms with Gasteiger partial charge in [0, 0.05) is 19.0 Å². The van der Waals surface area contributed by atoms with Crippen molar-refractivity contribution in [2.24, 2.45) is 12.8 Å². The molecule has 1 aromatic rings. The first-order valence-electron chi connectivity index (χ1n) is 4.32. The van der Waals surface area contributed by atoms with E-state index in [4.69, 9.17) is 5.73 Å². The molecule has 4 heteroatoms. The van der Waals surface area contributed by atoms with Gasteiger partial charge in [-0.2, -0.15) is 15.0 Å². The van der Waals surface area contributed by atoms with E-state index in [2.05, 4.69) is 10.2 Å². The van der Waals surface area contributed by atoms with Crippen molar-refractivity contribution < 1.29 is 0 Å². The third-order valence-electron chi connectivity index (χ3n) is 2.53. The Labute approximate surface area is 71.8 Å². The van der Waals surface area contributed by atoms with Gasteiger partial charge in [-0.05, 0) is 19.3 Å². The second kappa shape index (κ2) is 2.55. The van der Waals surface area contributed by atoms with E-state index in [9.17, 15) is 0 Å². The van der Waals surface area contributed by atoms with Crippen LogP contribution in [0.25, 0.3) is 0 Å². The summed E-state index contributed by atoms with van der Waals surface area (Å²) in [7, 11) is 1.83. The lowest BCUT2D eigenvalue weighted by molar-refractivity contribution is 0.245. The first-order valence-corrected chi connectivity index (χ1v) is 4.32. The van der Waals surface area contributed by atoms with Crippen molar-refractivity contribution in [2.45, 2.75) is 31.2 Å². The molecule has 12 heavy (non-hydrogen) atoms. The van der Waals surface area contributed by atoms with Gasteiger partial charge in [0.25, 0.3) is 0 Å². The van der Waals surface area contributed by atoms with E-state index < -0.39 is 0 Å². The van der Waals surface area contributed by atoms with E-state index in [0.717, 1.165) is 25.0 Å². The minimum Gasteiger partial charge on any atom is -0.325 e. The predicted molar refractivity (Wildman–Crippen MR) is 45.5 cm³/mol. The Kier molecular flexibility index (Phi) is 1.65. The molecule has 0 radical (unpaired) electrons. The smallest absolute Gasteiger partial charge is 0.0845 e. The highest BCUT2D eigenvalue weighted by Crippen LogP contribution is 2.31. The fourth-order valence-electron chi connectivity index (χ4n) is 1.64. The Balaban J connectivity index is 2.03. The van der Waals surface area contributed by atoms with Gasteiger partial charge in [-0.15, -0.1) is 0 Å². The molecule has 0 amide bonds. The quantitative estimate of drug-likeness (QED) is 0.684. The third kappa shape index (κ3) is 1.34. The number of aromatic nitrogens is 3. The summed E-state index contributed by atoms with van der Waals surface area (Å²) in [4.78, 5) is 1.58. The standard InChI is InChI=1S/C8H14N4/c1-12-10-6-7(11-12)5-8(9)3-2-4-8/h6H,2-5,9H2,1H3. The zero-order valence-corrected chi connectivity index (χ0v) is 7.32. The summed E-state index contributed by atoms with van der Waals surface area (Å²) in [6.45, 7) is 0.